The van der Waals surface area contributed by atoms with Crippen molar-refractivity contribution in [3.8, 4) is 5.75 Å². The van der Waals surface area contributed by atoms with Gasteiger partial charge in [0.05, 0.1) is 0 Å². The van der Waals surface area contributed by atoms with E-state index in [-0.39, 0.29) is 0 Å². The average Bonchev–Trinajstić information content (AvgIpc) is 2.62. The summed E-state index contributed by atoms with van der Waals surface area (Å²) >= 11 is 6.02. The highest BCUT2D eigenvalue weighted by atomic mass is 35.5. The summed E-state index contributed by atoms with van der Waals surface area (Å²) in [5, 5.41) is 13.9. The van der Waals surface area contributed by atoms with Crippen molar-refractivity contribution in [1.82, 2.24) is 9.97 Å². The molecule has 25 heavy (non-hydrogen) atoms. The second kappa shape index (κ2) is 6.61. The Balaban J connectivity index is 1.66. The molecule has 126 valence electrons. The zero-order chi connectivity index (χ0) is 17.2. The average molecular weight is 353 g/mol. The van der Waals surface area contributed by atoms with E-state index in [2.05, 4.69) is 20.2 Å². The highest BCUT2D eigenvalue weighted by molar-refractivity contribution is 6.30. The topological polar surface area (TPSA) is 61.3 Å². The van der Waals surface area contributed by atoms with E-state index >= 15 is 0 Å². The van der Waals surface area contributed by atoms with Crippen LogP contribution in [0.5, 0.6) is 5.75 Å². The third-order valence-electron chi connectivity index (χ3n) is 4.22. The second-order valence-corrected chi connectivity index (χ2v) is 6.34. The number of nitrogens with one attached hydrogen (secondary N) is 1. The summed E-state index contributed by atoms with van der Waals surface area (Å²) in [4.78, 5) is 11.0. The van der Waals surface area contributed by atoms with Gasteiger partial charge < -0.3 is 15.3 Å². The van der Waals surface area contributed by atoms with E-state index in [1.807, 2.05) is 42.5 Å². The first kappa shape index (κ1) is 15.7. The van der Waals surface area contributed by atoms with Crippen LogP contribution in [-0.4, -0.2) is 21.6 Å². The third kappa shape index (κ3) is 3.23. The second-order valence-electron chi connectivity index (χ2n) is 5.90. The van der Waals surface area contributed by atoms with E-state index in [4.69, 9.17) is 11.6 Å². The molecular formula is C19H17ClN4O. The Morgan fingerprint density at radius 3 is 2.88 bits per heavy atom. The van der Waals surface area contributed by atoms with Crippen molar-refractivity contribution in [3.63, 3.8) is 0 Å². The van der Waals surface area contributed by atoms with Crippen molar-refractivity contribution in [2.45, 2.75) is 12.8 Å². The number of aromatic nitrogens is 2. The molecule has 0 saturated carbocycles. The van der Waals surface area contributed by atoms with E-state index in [0.29, 0.717) is 16.7 Å². The van der Waals surface area contributed by atoms with Gasteiger partial charge in [0.1, 0.15) is 11.6 Å². The molecule has 2 N–H and O–H groups in total. The Bertz CT molecular complexity index is 915. The predicted molar refractivity (Wildman–Crippen MR) is 100 cm³/mol. The molecule has 6 heteroatoms. The molecule has 3 aromatic rings. The standard InChI is InChI=1S/C19H17ClN4O/c20-13-4-1-5-14(12-13)22-19-21-10-9-18(23-19)24-11-3-6-15-16(24)7-2-8-17(15)25/h1-2,4-5,7-10,12,25H,3,6,11H2,(H,21,22,23). The summed E-state index contributed by atoms with van der Waals surface area (Å²) in [6.45, 7) is 0.851. The van der Waals surface area contributed by atoms with Crippen LogP contribution in [0.2, 0.25) is 5.02 Å². The number of hydrogen-bond donors (Lipinski definition) is 2. The molecule has 0 saturated heterocycles. The minimum absolute atomic E-state index is 0.341. The van der Waals surface area contributed by atoms with Crippen LogP contribution in [0.3, 0.4) is 0 Å². The number of hydrogen-bond acceptors (Lipinski definition) is 5. The lowest BCUT2D eigenvalue weighted by Gasteiger charge is -2.30. The maximum atomic E-state index is 10.1. The number of phenolic OH excluding ortho intramolecular Hbond substituents is 1. The molecule has 1 aliphatic heterocycles. The summed E-state index contributed by atoms with van der Waals surface area (Å²) in [5.41, 5.74) is 2.80. The van der Waals surface area contributed by atoms with Crippen LogP contribution in [0.25, 0.3) is 0 Å². The Hall–Kier alpha value is -2.79. The first-order valence-electron chi connectivity index (χ1n) is 8.15. The highest BCUT2D eigenvalue weighted by Crippen LogP contribution is 2.37. The minimum Gasteiger partial charge on any atom is -0.508 e. The Morgan fingerprint density at radius 2 is 2.00 bits per heavy atom. The fraction of sp³-hybridized carbons (Fsp3) is 0.158. The van der Waals surface area contributed by atoms with E-state index in [0.717, 1.165) is 42.1 Å². The number of fused-ring (bicyclic) bond motifs is 1. The molecule has 4 rings (SSSR count). The van der Waals surface area contributed by atoms with Gasteiger partial charge in [-0.1, -0.05) is 23.7 Å². The van der Waals surface area contributed by atoms with Crippen molar-refractivity contribution in [3.05, 3.63) is 65.3 Å². The number of phenols is 1. The van der Waals surface area contributed by atoms with Gasteiger partial charge in [-0.05, 0) is 49.2 Å². The normalized spacial score (nSPS) is 13.4. The Kier molecular flexibility index (Phi) is 4.15. The zero-order valence-corrected chi connectivity index (χ0v) is 14.2. The van der Waals surface area contributed by atoms with Gasteiger partial charge in [0, 0.05) is 34.7 Å². The Labute approximate surface area is 150 Å². The van der Waals surface area contributed by atoms with Crippen molar-refractivity contribution < 1.29 is 5.11 Å². The fourth-order valence-electron chi connectivity index (χ4n) is 3.10. The molecule has 2 heterocycles. The SMILES string of the molecule is Oc1cccc2c1CCCN2c1ccnc(Nc2cccc(Cl)c2)n1. The molecule has 0 unspecified atom stereocenters. The van der Waals surface area contributed by atoms with Gasteiger partial charge in [0.15, 0.2) is 0 Å². The predicted octanol–water partition coefficient (Wildman–Crippen LogP) is 4.66. The number of benzene rings is 2. The van der Waals surface area contributed by atoms with Gasteiger partial charge in [-0.15, -0.1) is 0 Å². The summed E-state index contributed by atoms with van der Waals surface area (Å²) in [6, 6.07) is 14.9. The van der Waals surface area contributed by atoms with Crippen molar-refractivity contribution >= 4 is 34.7 Å². The van der Waals surface area contributed by atoms with Crippen LogP contribution in [0.15, 0.2) is 54.7 Å². The van der Waals surface area contributed by atoms with Gasteiger partial charge >= 0.3 is 0 Å². The number of nitrogens with zero attached hydrogens (tertiary/aromatic N) is 3. The monoisotopic (exact) mass is 352 g/mol. The van der Waals surface area contributed by atoms with Crippen LogP contribution in [0.4, 0.5) is 23.1 Å². The molecule has 0 spiro atoms. The lowest BCUT2D eigenvalue weighted by Crippen LogP contribution is -2.25. The number of rotatable bonds is 3. The smallest absolute Gasteiger partial charge is 0.229 e. The Morgan fingerprint density at radius 1 is 1.12 bits per heavy atom. The van der Waals surface area contributed by atoms with E-state index < -0.39 is 0 Å². The van der Waals surface area contributed by atoms with E-state index in [1.54, 1.807) is 12.3 Å². The van der Waals surface area contributed by atoms with Crippen LogP contribution in [0.1, 0.15) is 12.0 Å². The van der Waals surface area contributed by atoms with Crippen LogP contribution in [0, 0.1) is 0 Å². The molecule has 1 aliphatic rings. The zero-order valence-electron chi connectivity index (χ0n) is 13.5. The van der Waals surface area contributed by atoms with E-state index in [9.17, 15) is 5.11 Å². The molecule has 0 fully saturated rings. The van der Waals surface area contributed by atoms with Gasteiger partial charge in [-0.25, -0.2) is 4.98 Å². The molecule has 0 aliphatic carbocycles. The largest absolute Gasteiger partial charge is 0.508 e. The molecule has 0 bridgehead atoms. The first-order chi connectivity index (χ1) is 12.2. The van der Waals surface area contributed by atoms with Crippen molar-refractivity contribution in [2.75, 3.05) is 16.8 Å². The summed E-state index contributed by atoms with van der Waals surface area (Å²) in [7, 11) is 0. The lowest BCUT2D eigenvalue weighted by atomic mass is 10.0. The van der Waals surface area contributed by atoms with Gasteiger partial charge in [-0.3, -0.25) is 0 Å². The molecular weight excluding hydrogens is 336 g/mol. The number of anilines is 4. The van der Waals surface area contributed by atoms with Gasteiger partial charge in [-0.2, -0.15) is 4.98 Å². The molecule has 2 aromatic carbocycles. The molecule has 0 radical (unpaired) electrons. The van der Waals surface area contributed by atoms with Gasteiger partial charge in [0.25, 0.3) is 0 Å². The van der Waals surface area contributed by atoms with Crippen molar-refractivity contribution in [2.24, 2.45) is 0 Å². The van der Waals surface area contributed by atoms with Crippen LogP contribution in [-0.2, 0) is 6.42 Å². The highest BCUT2D eigenvalue weighted by Gasteiger charge is 2.21. The third-order valence-corrected chi connectivity index (χ3v) is 4.46. The molecule has 0 amide bonds. The molecule has 5 nitrogen and oxygen atoms in total. The first-order valence-corrected chi connectivity index (χ1v) is 8.52. The minimum atomic E-state index is 0.341. The maximum Gasteiger partial charge on any atom is 0.229 e. The summed E-state index contributed by atoms with van der Waals surface area (Å²) < 4.78 is 0. The van der Waals surface area contributed by atoms with Crippen LogP contribution >= 0.6 is 11.6 Å². The van der Waals surface area contributed by atoms with E-state index in [1.165, 1.54) is 0 Å². The summed E-state index contributed by atoms with van der Waals surface area (Å²) in [6.07, 6.45) is 3.56. The van der Waals surface area contributed by atoms with Crippen molar-refractivity contribution in [1.29, 1.82) is 0 Å². The lowest BCUT2D eigenvalue weighted by molar-refractivity contribution is 0.465. The maximum absolute atomic E-state index is 10.1. The molecule has 0 atom stereocenters. The molecule has 1 aromatic heterocycles. The quantitative estimate of drug-likeness (QED) is 0.717. The van der Waals surface area contributed by atoms with Gasteiger partial charge in [0.2, 0.25) is 5.95 Å². The number of halogens is 1. The summed E-state index contributed by atoms with van der Waals surface area (Å²) in [5.74, 6) is 1.65. The number of aromatic hydroxyl groups is 1. The fourth-order valence-corrected chi connectivity index (χ4v) is 3.29. The van der Waals surface area contributed by atoms with Crippen LogP contribution < -0.4 is 10.2 Å².